The lowest BCUT2D eigenvalue weighted by Crippen LogP contribution is -2.15. The molecule has 0 saturated heterocycles. The Kier molecular flexibility index (Phi) is 2.84. The van der Waals surface area contributed by atoms with E-state index in [-0.39, 0.29) is 4.87 Å². The van der Waals surface area contributed by atoms with Crippen LogP contribution in [0.5, 0.6) is 0 Å². The minimum Gasteiger partial charge on any atom is -0.299 e. The normalized spacial score (nSPS) is 10.0. The number of nitriles is 1. The Hall–Kier alpha value is -1.93. The first-order valence-corrected chi connectivity index (χ1v) is 5.58. The van der Waals surface area contributed by atoms with Crippen LogP contribution in [0.15, 0.2) is 28.5 Å². The molecule has 0 bridgehead atoms. The Morgan fingerprint density at radius 1 is 1.62 bits per heavy atom. The van der Waals surface area contributed by atoms with Crippen molar-refractivity contribution in [2.75, 3.05) is 0 Å². The van der Waals surface area contributed by atoms with Crippen LogP contribution < -0.4 is 4.87 Å². The van der Waals surface area contributed by atoms with E-state index in [1.165, 1.54) is 11.3 Å². The molecule has 0 aliphatic heterocycles. The second kappa shape index (κ2) is 4.29. The molecule has 0 radical (unpaired) electrons. The largest absolute Gasteiger partial charge is 0.307 e. The Bertz CT molecular complexity index is 606. The van der Waals surface area contributed by atoms with Crippen LogP contribution in [0.4, 0.5) is 0 Å². The van der Waals surface area contributed by atoms with Crippen LogP contribution in [0.25, 0.3) is 0 Å². The lowest BCUT2D eigenvalue weighted by Gasteiger charge is -2.04. The molecule has 2 aromatic heterocycles. The minimum absolute atomic E-state index is 0.0211. The summed E-state index contributed by atoms with van der Waals surface area (Å²) in [7, 11) is 0. The third kappa shape index (κ3) is 2.02. The average molecular weight is 231 g/mol. The van der Waals surface area contributed by atoms with Crippen LogP contribution in [-0.4, -0.2) is 9.55 Å². The van der Waals surface area contributed by atoms with Crippen LogP contribution >= 0.6 is 11.3 Å². The third-order valence-corrected chi connectivity index (χ3v) is 3.14. The predicted octanol–water partition coefficient (Wildman–Crippen LogP) is 1.53. The summed E-state index contributed by atoms with van der Waals surface area (Å²) in [5, 5.41) is 10.5. The fourth-order valence-electron chi connectivity index (χ4n) is 1.41. The lowest BCUT2D eigenvalue weighted by molar-refractivity contribution is 0.753. The first-order chi connectivity index (χ1) is 7.70. The summed E-state index contributed by atoms with van der Waals surface area (Å²) in [6.07, 6.45) is 1.58. The van der Waals surface area contributed by atoms with Gasteiger partial charge in [0, 0.05) is 17.3 Å². The van der Waals surface area contributed by atoms with E-state index in [0.29, 0.717) is 12.2 Å². The van der Waals surface area contributed by atoms with Gasteiger partial charge < -0.3 is 0 Å². The highest BCUT2D eigenvalue weighted by molar-refractivity contribution is 7.07. The molecule has 80 valence electrons. The molecule has 0 N–H and O–H groups in total. The molecule has 4 nitrogen and oxygen atoms in total. The summed E-state index contributed by atoms with van der Waals surface area (Å²) in [4.78, 5) is 15.4. The average Bonchev–Trinajstić information content (AvgIpc) is 2.61. The van der Waals surface area contributed by atoms with Crippen molar-refractivity contribution in [3.8, 4) is 6.07 Å². The van der Waals surface area contributed by atoms with Crippen molar-refractivity contribution < 1.29 is 0 Å². The Morgan fingerprint density at radius 3 is 3.06 bits per heavy atom. The summed E-state index contributed by atoms with van der Waals surface area (Å²) in [6.45, 7) is 2.38. The number of thiazole rings is 1. The molecular formula is C11H9N3OS. The quantitative estimate of drug-likeness (QED) is 0.787. The maximum absolute atomic E-state index is 11.5. The maximum atomic E-state index is 11.5. The molecule has 2 rings (SSSR count). The number of aryl methyl sites for hydroxylation is 1. The molecule has 2 heterocycles. The highest BCUT2D eigenvalue weighted by atomic mass is 32.1. The Morgan fingerprint density at radius 2 is 2.44 bits per heavy atom. The second-order valence-electron chi connectivity index (χ2n) is 3.39. The third-order valence-electron chi connectivity index (χ3n) is 2.26. The van der Waals surface area contributed by atoms with E-state index in [1.807, 2.05) is 24.4 Å². The Balaban J connectivity index is 2.35. The van der Waals surface area contributed by atoms with Crippen molar-refractivity contribution >= 4 is 11.3 Å². The zero-order chi connectivity index (χ0) is 11.5. The molecule has 0 unspecified atom stereocenters. The molecule has 0 fully saturated rings. The van der Waals surface area contributed by atoms with Crippen LogP contribution in [0.3, 0.4) is 0 Å². The van der Waals surface area contributed by atoms with Gasteiger partial charge in [-0.05, 0) is 24.6 Å². The van der Waals surface area contributed by atoms with E-state index in [1.54, 1.807) is 16.8 Å². The summed E-state index contributed by atoms with van der Waals surface area (Å²) in [6, 6.07) is 5.49. The lowest BCUT2D eigenvalue weighted by atomic mass is 10.2. The van der Waals surface area contributed by atoms with E-state index in [0.717, 1.165) is 11.3 Å². The first-order valence-electron chi connectivity index (χ1n) is 4.70. The number of aromatic nitrogens is 2. The molecule has 0 amide bonds. The highest BCUT2D eigenvalue weighted by Crippen LogP contribution is 2.06. The van der Waals surface area contributed by atoms with Crippen molar-refractivity contribution in [1.82, 2.24) is 9.55 Å². The number of nitrogens with zero attached hydrogens (tertiary/aromatic N) is 3. The van der Waals surface area contributed by atoms with Crippen LogP contribution in [0, 0.1) is 18.3 Å². The topological polar surface area (TPSA) is 58.7 Å². The van der Waals surface area contributed by atoms with Gasteiger partial charge in [-0.25, -0.2) is 4.98 Å². The fraction of sp³-hybridized carbons (Fsp3) is 0.182. The van der Waals surface area contributed by atoms with Crippen LogP contribution in [0.1, 0.15) is 17.0 Å². The van der Waals surface area contributed by atoms with Crippen molar-refractivity contribution in [3.05, 3.63) is 50.3 Å². The van der Waals surface area contributed by atoms with E-state index in [4.69, 9.17) is 5.26 Å². The van der Waals surface area contributed by atoms with Gasteiger partial charge in [0.25, 0.3) is 0 Å². The van der Waals surface area contributed by atoms with Crippen LogP contribution in [0.2, 0.25) is 0 Å². The molecule has 5 heteroatoms. The number of hydrogen-bond acceptors (Lipinski definition) is 4. The summed E-state index contributed by atoms with van der Waals surface area (Å²) in [5.41, 5.74) is 2.22. The number of hydrogen-bond donors (Lipinski definition) is 0. The monoisotopic (exact) mass is 231 g/mol. The van der Waals surface area contributed by atoms with Gasteiger partial charge >= 0.3 is 4.87 Å². The molecule has 0 atom stereocenters. The van der Waals surface area contributed by atoms with Gasteiger partial charge in [-0.2, -0.15) is 5.26 Å². The van der Waals surface area contributed by atoms with Gasteiger partial charge in [-0.1, -0.05) is 11.3 Å². The van der Waals surface area contributed by atoms with Crippen molar-refractivity contribution in [2.45, 2.75) is 13.5 Å². The fourth-order valence-corrected chi connectivity index (χ4v) is 2.15. The summed E-state index contributed by atoms with van der Waals surface area (Å²) >= 11 is 1.19. The van der Waals surface area contributed by atoms with E-state index in [9.17, 15) is 4.79 Å². The zero-order valence-electron chi connectivity index (χ0n) is 8.67. The van der Waals surface area contributed by atoms with Crippen molar-refractivity contribution in [2.24, 2.45) is 0 Å². The molecule has 2 aromatic rings. The van der Waals surface area contributed by atoms with E-state index >= 15 is 0 Å². The maximum Gasteiger partial charge on any atom is 0.307 e. The van der Waals surface area contributed by atoms with E-state index < -0.39 is 0 Å². The van der Waals surface area contributed by atoms with Gasteiger partial charge in [0.15, 0.2) is 0 Å². The Labute approximate surface area is 96.4 Å². The first kappa shape index (κ1) is 10.6. The summed E-state index contributed by atoms with van der Waals surface area (Å²) < 4.78 is 1.68. The summed E-state index contributed by atoms with van der Waals surface area (Å²) in [5.74, 6) is 0. The minimum atomic E-state index is 0.0211. The van der Waals surface area contributed by atoms with Crippen molar-refractivity contribution in [3.63, 3.8) is 0 Å². The van der Waals surface area contributed by atoms with E-state index in [2.05, 4.69) is 4.98 Å². The SMILES string of the molecule is Cc1csc(=O)n1Cc1ccnc(C#N)c1. The second-order valence-corrected chi connectivity index (χ2v) is 4.21. The number of rotatable bonds is 2. The molecular weight excluding hydrogens is 222 g/mol. The molecule has 0 saturated carbocycles. The van der Waals surface area contributed by atoms with Gasteiger partial charge in [-0.15, -0.1) is 0 Å². The van der Waals surface area contributed by atoms with Gasteiger partial charge in [0.05, 0.1) is 6.54 Å². The predicted molar refractivity (Wildman–Crippen MR) is 61.4 cm³/mol. The molecule has 0 aliphatic rings. The molecule has 0 aromatic carbocycles. The highest BCUT2D eigenvalue weighted by Gasteiger charge is 2.04. The molecule has 16 heavy (non-hydrogen) atoms. The van der Waals surface area contributed by atoms with Gasteiger partial charge in [0.1, 0.15) is 11.8 Å². The smallest absolute Gasteiger partial charge is 0.299 e. The molecule has 0 aliphatic carbocycles. The van der Waals surface area contributed by atoms with Gasteiger partial charge in [-0.3, -0.25) is 9.36 Å². The van der Waals surface area contributed by atoms with Crippen molar-refractivity contribution in [1.29, 1.82) is 5.26 Å². The standard InChI is InChI=1S/C11H9N3OS/c1-8-7-16-11(15)14(8)6-9-2-3-13-10(4-9)5-12/h2-4,7H,6H2,1H3. The number of pyridine rings is 1. The van der Waals surface area contributed by atoms with Gasteiger partial charge in [0.2, 0.25) is 0 Å². The molecule has 0 spiro atoms. The van der Waals surface area contributed by atoms with Crippen LogP contribution in [-0.2, 0) is 6.54 Å². The zero-order valence-corrected chi connectivity index (χ0v) is 9.49.